The zero-order valence-corrected chi connectivity index (χ0v) is 11.8. The molecule has 0 amide bonds. The van der Waals surface area contributed by atoms with Crippen molar-refractivity contribution in [3.05, 3.63) is 29.8 Å². The Hall–Kier alpha value is -1.96. The minimum absolute atomic E-state index is 0.0185. The number of carbonyl (C=O) groups is 1. The molecule has 112 valence electrons. The minimum atomic E-state index is -2.89. The van der Waals surface area contributed by atoms with Crippen LogP contribution >= 0.6 is 0 Å². The zero-order valence-electron chi connectivity index (χ0n) is 11.8. The van der Waals surface area contributed by atoms with Crippen molar-refractivity contribution in [2.24, 2.45) is 5.41 Å². The van der Waals surface area contributed by atoms with Crippen molar-refractivity contribution >= 4 is 5.78 Å². The van der Waals surface area contributed by atoms with Crippen LogP contribution in [-0.4, -0.2) is 12.4 Å². The van der Waals surface area contributed by atoms with Gasteiger partial charge >= 0.3 is 6.61 Å². The molecular formula is C16H17F2NO2. The summed E-state index contributed by atoms with van der Waals surface area (Å²) in [5.41, 5.74) is 0.0793. The highest BCUT2D eigenvalue weighted by Gasteiger charge is 2.40. The molecule has 0 heterocycles. The van der Waals surface area contributed by atoms with Crippen molar-refractivity contribution in [1.82, 2.24) is 0 Å². The first-order valence-electron chi connectivity index (χ1n) is 6.95. The molecule has 0 aliphatic heterocycles. The number of hydrogen-bond donors (Lipinski definition) is 0. The molecule has 3 nitrogen and oxygen atoms in total. The largest absolute Gasteiger partial charge is 0.435 e. The van der Waals surface area contributed by atoms with Gasteiger partial charge in [-0.05, 0) is 30.5 Å². The van der Waals surface area contributed by atoms with Crippen molar-refractivity contribution in [2.45, 2.75) is 45.1 Å². The summed E-state index contributed by atoms with van der Waals surface area (Å²) < 4.78 is 28.5. The van der Waals surface area contributed by atoms with Crippen molar-refractivity contribution in [3.8, 4) is 11.8 Å². The normalized spacial score (nSPS) is 18.2. The van der Waals surface area contributed by atoms with Crippen molar-refractivity contribution in [1.29, 1.82) is 5.26 Å². The van der Waals surface area contributed by atoms with E-state index in [-0.39, 0.29) is 11.5 Å². The van der Waals surface area contributed by atoms with E-state index in [4.69, 9.17) is 0 Å². The summed E-state index contributed by atoms with van der Waals surface area (Å²) in [7, 11) is 0. The van der Waals surface area contributed by atoms with Crippen molar-refractivity contribution in [2.75, 3.05) is 0 Å². The summed E-state index contributed by atoms with van der Waals surface area (Å²) in [5, 5.41) is 9.32. The molecule has 0 bridgehead atoms. The third kappa shape index (κ3) is 3.38. The molecule has 1 aliphatic rings. The van der Waals surface area contributed by atoms with E-state index >= 15 is 0 Å². The van der Waals surface area contributed by atoms with E-state index in [1.807, 2.05) is 13.0 Å². The lowest BCUT2D eigenvalue weighted by molar-refractivity contribution is -0.128. The second-order valence-electron chi connectivity index (χ2n) is 5.64. The van der Waals surface area contributed by atoms with Crippen LogP contribution in [0.3, 0.4) is 0 Å². The number of halogens is 2. The lowest BCUT2D eigenvalue weighted by Gasteiger charge is -2.24. The predicted molar refractivity (Wildman–Crippen MR) is 73.0 cm³/mol. The topological polar surface area (TPSA) is 50.1 Å². The molecule has 1 fully saturated rings. The number of benzene rings is 1. The van der Waals surface area contributed by atoms with Crippen LogP contribution in [0.1, 0.15) is 44.1 Å². The van der Waals surface area contributed by atoms with Crippen LogP contribution in [0.2, 0.25) is 0 Å². The summed E-state index contributed by atoms with van der Waals surface area (Å²) in [5.74, 6) is -0.913. The standard InChI is InChI=1S/C16H17F2NO2/c1-16(8-2-3-9-16)14(20)13(10-19)11-4-6-12(7-5-11)21-15(17)18/h4-7,13,15H,2-3,8-9H2,1H3. The Balaban J connectivity index is 2.18. The van der Waals surface area contributed by atoms with Crippen LogP contribution in [0.15, 0.2) is 24.3 Å². The third-order valence-corrected chi connectivity index (χ3v) is 4.13. The lowest BCUT2D eigenvalue weighted by Crippen LogP contribution is -2.29. The van der Waals surface area contributed by atoms with E-state index in [1.165, 1.54) is 24.3 Å². The first kappa shape index (κ1) is 15.4. The van der Waals surface area contributed by atoms with Gasteiger partial charge in [-0.2, -0.15) is 14.0 Å². The van der Waals surface area contributed by atoms with Crippen LogP contribution in [0.5, 0.6) is 5.75 Å². The fraction of sp³-hybridized carbons (Fsp3) is 0.500. The number of carbonyl (C=O) groups excluding carboxylic acids is 1. The molecule has 1 saturated carbocycles. The second-order valence-corrected chi connectivity index (χ2v) is 5.64. The summed E-state index contributed by atoms with van der Waals surface area (Å²) >= 11 is 0. The van der Waals surface area contributed by atoms with E-state index in [9.17, 15) is 18.8 Å². The third-order valence-electron chi connectivity index (χ3n) is 4.13. The number of Topliss-reactive ketones (excluding diaryl/α,β-unsaturated/α-hetero) is 1. The molecule has 0 aromatic heterocycles. The highest BCUT2D eigenvalue weighted by molar-refractivity contribution is 5.93. The molecule has 1 aromatic rings. The van der Waals surface area contributed by atoms with Crippen LogP contribution in [-0.2, 0) is 4.79 Å². The molecule has 1 atom stereocenters. The molecule has 2 rings (SSSR count). The van der Waals surface area contributed by atoms with Gasteiger partial charge in [-0.1, -0.05) is 31.9 Å². The van der Waals surface area contributed by atoms with Gasteiger partial charge in [0.1, 0.15) is 11.7 Å². The lowest BCUT2D eigenvalue weighted by atomic mass is 9.76. The molecular weight excluding hydrogens is 276 g/mol. The Labute approximate surface area is 122 Å². The van der Waals surface area contributed by atoms with Crippen LogP contribution in [0.4, 0.5) is 8.78 Å². The SMILES string of the molecule is CC1(C(=O)C(C#N)c2ccc(OC(F)F)cc2)CCCC1. The van der Waals surface area contributed by atoms with Gasteiger partial charge in [-0.3, -0.25) is 4.79 Å². The number of nitriles is 1. The molecule has 1 aliphatic carbocycles. The monoisotopic (exact) mass is 293 g/mol. The number of nitrogens with zero attached hydrogens (tertiary/aromatic N) is 1. The Kier molecular flexibility index (Phi) is 4.56. The van der Waals surface area contributed by atoms with Gasteiger partial charge in [0.05, 0.1) is 6.07 Å². The van der Waals surface area contributed by atoms with Crippen LogP contribution in [0, 0.1) is 16.7 Å². The van der Waals surface area contributed by atoms with Gasteiger partial charge in [0.25, 0.3) is 0 Å². The molecule has 5 heteroatoms. The van der Waals surface area contributed by atoms with E-state index in [0.29, 0.717) is 5.56 Å². The first-order chi connectivity index (χ1) is 9.96. The summed E-state index contributed by atoms with van der Waals surface area (Å²) in [6, 6.07) is 7.76. The number of alkyl halides is 2. The predicted octanol–water partition coefficient (Wildman–Crippen LogP) is 4.04. The molecule has 21 heavy (non-hydrogen) atoms. The fourth-order valence-electron chi connectivity index (χ4n) is 2.88. The molecule has 0 N–H and O–H groups in total. The average molecular weight is 293 g/mol. The fourth-order valence-corrected chi connectivity index (χ4v) is 2.88. The maximum Gasteiger partial charge on any atom is 0.387 e. The van der Waals surface area contributed by atoms with E-state index in [0.717, 1.165) is 25.7 Å². The Morgan fingerprint density at radius 2 is 1.86 bits per heavy atom. The summed E-state index contributed by atoms with van der Waals surface area (Å²) in [6.07, 6.45) is 3.61. The van der Waals surface area contributed by atoms with Gasteiger partial charge < -0.3 is 4.74 Å². The number of ketones is 1. The van der Waals surface area contributed by atoms with Crippen LogP contribution in [0.25, 0.3) is 0 Å². The smallest absolute Gasteiger partial charge is 0.387 e. The number of rotatable bonds is 5. The Bertz CT molecular complexity index is 542. The molecule has 0 spiro atoms. The highest BCUT2D eigenvalue weighted by Crippen LogP contribution is 2.42. The van der Waals surface area contributed by atoms with E-state index in [1.54, 1.807) is 0 Å². The summed E-state index contributed by atoms with van der Waals surface area (Å²) in [6.45, 7) is -0.984. The second kappa shape index (κ2) is 6.21. The number of hydrogen-bond acceptors (Lipinski definition) is 3. The maximum atomic E-state index is 12.6. The Morgan fingerprint density at radius 1 is 1.29 bits per heavy atom. The minimum Gasteiger partial charge on any atom is -0.435 e. The van der Waals surface area contributed by atoms with Gasteiger partial charge in [0.2, 0.25) is 0 Å². The molecule has 1 aromatic carbocycles. The van der Waals surface area contributed by atoms with Gasteiger partial charge in [-0.25, -0.2) is 0 Å². The van der Waals surface area contributed by atoms with E-state index in [2.05, 4.69) is 4.74 Å². The van der Waals surface area contributed by atoms with E-state index < -0.39 is 17.9 Å². The molecule has 1 unspecified atom stereocenters. The average Bonchev–Trinajstić information content (AvgIpc) is 2.89. The first-order valence-corrected chi connectivity index (χ1v) is 6.95. The molecule has 0 saturated heterocycles. The van der Waals surface area contributed by atoms with Gasteiger partial charge in [0, 0.05) is 5.41 Å². The molecule has 0 radical (unpaired) electrons. The summed E-state index contributed by atoms with van der Waals surface area (Å²) in [4.78, 5) is 12.6. The van der Waals surface area contributed by atoms with Gasteiger partial charge in [-0.15, -0.1) is 0 Å². The van der Waals surface area contributed by atoms with Crippen molar-refractivity contribution < 1.29 is 18.3 Å². The van der Waals surface area contributed by atoms with Gasteiger partial charge in [0.15, 0.2) is 5.78 Å². The highest BCUT2D eigenvalue weighted by atomic mass is 19.3. The quantitative estimate of drug-likeness (QED) is 0.823. The van der Waals surface area contributed by atoms with Crippen LogP contribution < -0.4 is 4.74 Å². The Morgan fingerprint density at radius 3 is 2.33 bits per heavy atom. The maximum absolute atomic E-state index is 12.6. The number of ether oxygens (including phenoxy) is 1. The zero-order chi connectivity index (χ0) is 15.5. The van der Waals surface area contributed by atoms with Crippen molar-refractivity contribution in [3.63, 3.8) is 0 Å².